The van der Waals surface area contributed by atoms with Gasteiger partial charge >= 0.3 is 0 Å². The van der Waals surface area contributed by atoms with Gasteiger partial charge in [0.25, 0.3) is 0 Å². The predicted molar refractivity (Wildman–Crippen MR) is 82.7 cm³/mol. The molecule has 0 saturated heterocycles. The second kappa shape index (κ2) is 6.71. The highest BCUT2D eigenvalue weighted by Crippen LogP contribution is 2.20. The Hall–Kier alpha value is -0.610. The van der Waals surface area contributed by atoms with Gasteiger partial charge in [-0.3, -0.25) is 0 Å². The van der Waals surface area contributed by atoms with Crippen molar-refractivity contribution in [3.05, 3.63) is 22.8 Å². The van der Waals surface area contributed by atoms with Crippen LogP contribution in [-0.4, -0.2) is 27.8 Å². The Morgan fingerprint density at radius 2 is 1.84 bits per heavy atom. The molecule has 0 spiro atoms. The molecule has 0 atom stereocenters. The van der Waals surface area contributed by atoms with Gasteiger partial charge in [-0.1, -0.05) is 13.8 Å². The molecular formula is C15H25N3S. The molecule has 1 fully saturated rings. The van der Waals surface area contributed by atoms with Crippen LogP contribution >= 0.6 is 11.8 Å². The van der Waals surface area contributed by atoms with Crippen LogP contribution in [0.15, 0.2) is 0 Å². The minimum absolute atomic E-state index is 0.631. The molecule has 1 aromatic rings. The van der Waals surface area contributed by atoms with E-state index in [4.69, 9.17) is 0 Å². The highest BCUT2D eigenvalue weighted by Gasteiger charge is 2.20. The van der Waals surface area contributed by atoms with Crippen LogP contribution in [0.25, 0.3) is 0 Å². The lowest BCUT2D eigenvalue weighted by Crippen LogP contribution is -2.20. The molecule has 3 nitrogen and oxygen atoms in total. The van der Waals surface area contributed by atoms with Crippen molar-refractivity contribution in [1.82, 2.24) is 15.3 Å². The van der Waals surface area contributed by atoms with Crippen LogP contribution in [0.5, 0.6) is 0 Å². The van der Waals surface area contributed by atoms with Crippen LogP contribution < -0.4 is 5.32 Å². The molecule has 0 radical (unpaired) electrons. The zero-order valence-electron chi connectivity index (χ0n) is 12.5. The zero-order chi connectivity index (χ0) is 13.8. The third kappa shape index (κ3) is 4.77. The van der Waals surface area contributed by atoms with Gasteiger partial charge in [0, 0.05) is 17.4 Å². The van der Waals surface area contributed by atoms with Gasteiger partial charge in [0.1, 0.15) is 5.82 Å². The zero-order valence-corrected chi connectivity index (χ0v) is 13.3. The Labute approximate surface area is 121 Å². The van der Waals surface area contributed by atoms with E-state index in [-0.39, 0.29) is 0 Å². The van der Waals surface area contributed by atoms with E-state index < -0.39 is 0 Å². The first-order chi connectivity index (χ1) is 9.06. The fourth-order valence-corrected chi connectivity index (χ4v) is 2.78. The summed E-state index contributed by atoms with van der Waals surface area (Å²) in [5.41, 5.74) is 3.64. The molecule has 0 unspecified atom stereocenters. The molecule has 4 heteroatoms. The van der Waals surface area contributed by atoms with E-state index in [1.165, 1.54) is 18.4 Å². The number of aromatic nitrogens is 2. The van der Waals surface area contributed by atoms with Crippen LogP contribution in [0.3, 0.4) is 0 Å². The number of rotatable bonds is 7. The number of aryl methyl sites for hydroxylation is 2. The Morgan fingerprint density at radius 1 is 1.21 bits per heavy atom. The van der Waals surface area contributed by atoms with Crippen molar-refractivity contribution >= 4 is 11.8 Å². The molecule has 1 aromatic heterocycles. The quantitative estimate of drug-likeness (QED) is 0.832. The van der Waals surface area contributed by atoms with Gasteiger partial charge in [-0.25, -0.2) is 9.97 Å². The monoisotopic (exact) mass is 279 g/mol. The second-order valence-electron chi connectivity index (χ2n) is 5.63. The molecule has 1 saturated carbocycles. The van der Waals surface area contributed by atoms with Gasteiger partial charge in [-0.15, -0.1) is 0 Å². The van der Waals surface area contributed by atoms with Crippen molar-refractivity contribution < 1.29 is 0 Å². The lowest BCUT2D eigenvalue weighted by atomic mass is 10.1. The first-order valence-electron chi connectivity index (χ1n) is 7.24. The van der Waals surface area contributed by atoms with Crippen molar-refractivity contribution in [2.75, 3.05) is 6.54 Å². The minimum Gasteiger partial charge on any atom is -0.314 e. The fourth-order valence-electron chi connectivity index (χ4n) is 2.17. The average Bonchev–Trinajstić information content (AvgIpc) is 3.14. The summed E-state index contributed by atoms with van der Waals surface area (Å²) in [6.45, 7) is 9.70. The molecule has 1 N–H and O–H groups in total. The standard InChI is InChI=1S/C15H25N3S/c1-10(2)19-9-15-17-11(3)14(12(4)18-15)7-8-16-13-5-6-13/h10,13,16H,5-9H2,1-4H3. The van der Waals surface area contributed by atoms with Crippen LogP contribution in [0.1, 0.15) is 49.5 Å². The van der Waals surface area contributed by atoms with Crippen molar-refractivity contribution in [2.45, 2.75) is 64.0 Å². The number of nitrogens with zero attached hydrogens (tertiary/aromatic N) is 2. The van der Waals surface area contributed by atoms with E-state index >= 15 is 0 Å². The molecule has 1 aliphatic carbocycles. The van der Waals surface area contributed by atoms with E-state index in [2.05, 4.69) is 43.0 Å². The summed E-state index contributed by atoms with van der Waals surface area (Å²) in [7, 11) is 0. The van der Waals surface area contributed by atoms with E-state index in [9.17, 15) is 0 Å². The topological polar surface area (TPSA) is 37.8 Å². The van der Waals surface area contributed by atoms with E-state index in [1.807, 2.05) is 11.8 Å². The van der Waals surface area contributed by atoms with Gasteiger partial charge < -0.3 is 5.32 Å². The smallest absolute Gasteiger partial charge is 0.138 e. The fraction of sp³-hybridized carbons (Fsp3) is 0.733. The van der Waals surface area contributed by atoms with Gasteiger partial charge in [-0.2, -0.15) is 11.8 Å². The van der Waals surface area contributed by atoms with Crippen molar-refractivity contribution in [2.24, 2.45) is 0 Å². The van der Waals surface area contributed by atoms with Gasteiger partial charge in [0.2, 0.25) is 0 Å². The lowest BCUT2D eigenvalue weighted by Gasteiger charge is -2.12. The Morgan fingerprint density at radius 3 is 2.37 bits per heavy atom. The first-order valence-corrected chi connectivity index (χ1v) is 8.29. The Bertz CT molecular complexity index is 404. The van der Waals surface area contributed by atoms with Crippen molar-refractivity contribution in [3.63, 3.8) is 0 Å². The van der Waals surface area contributed by atoms with Gasteiger partial charge in [-0.05, 0) is 50.5 Å². The van der Waals surface area contributed by atoms with Crippen LogP contribution in [0.4, 0.5) is 0 Å². The molecule has 2 rings (SSSR count). The number of hydrogen-bond acceptors (Lipinski definition) is 4. The summed E-state index contributed by atoms with van der Waals surface area (Å²) in [5, 5.41) is 4.19. The molecule has 106 valence electrons. The molecule has 19 heavy (non-hydrogen) atoms. The molecular weight excluding hydrogens is 254 g/mol. The Kier molecular flexibility index (Phi) is 5.22. The minimum atomic E-state index is 0.631. The second-order valence-corrected chi connectivity index (χ2v) is 7.19. The van der Waals surface area contributed by atoms with Crippen LogP contribution in [-0.2, 0) is 12.2 Å². The van der Waals surface area contributed by atoms with E-state index in [1.54, 1.807) is 0 Å². The van der Waals surface area contributed by atoms with Gasteiger partial charge in [0.15, 0.2) is 0 Å². The SMILES string of the molecule is Cc1nc(CSC(C)C)nc(C)c1CCNC1CC1. The summed E-state index contributed by atoms with van der Waals surface area (Å²) < 4.78 is 0. The normalized spacial score (nSPS) is 15.2. The number of hydrogen-bond donors (Lipinski definition) is 1. The summed E-state index contributed by atoms with van der Waals surface area (Å²) in [6, 6.07) is 0.781. The maximum Gasteiger partial charge on any atom is 0.138 e. The summed E-state index contributed by atoms with van der Waals surface area (Å²) in [6.07, 6.45) is 3.74. The van der Waals surface area contributed by atoms with E-state index in [0.29, 0.717) is 5.25 Å². The Balaban J connectivity index is 1.94. The van der Waals surface area contributed by atoms with Crippen LogP contribution in [0, 0.1) is 13.8 Å². The van der Waals surface area contributed by atoms with Crippen LogP contribution in [0.2, 0.25) is 0 Å². The first kappa shape index (κ1) is 14.8. The molecule has 1 aliphatic rings. The third-order valence-electron chi connectivity index (χ3n) is 3.40. The highest BCUT2D eigenvalue weighted by atomic mass is 32.2. The maximum absolute atomic E-state index is 4.66. The molecule has 0 aliphatic heterocycles. The van der Waals surface area contributed by atoms with Crippen molar-refractivity contribution in [3.8, 4) is 0 Å². The number of thioether (sulfide) groups is 1. The summed E-state index contributed by atoms with van der Waals surface area (Å²) in [4.78, 5) is 9.32. The summed E-state index contributed by atoms with van der Waals surface area (Å²) >= 11 is 1.90. The van der Waals surface area contributed by atoms with E-state index in [0.717, 1.165) is 42.0 Å². The van der Waals surface area contributed by atoms with Crippen molar-refractivity contribution in [1.29, 1.82) is 0 Å². The lowest BCUT2D eigenvalue weighted by molar-refractivity contribution is 0.674. The largest absolute Gasteiger partial charge is 0.314 e. The number of nitrogens with one attached hydrogen (secondary N) is 1. The summed E-state index contributed by atoms with van der Waals surface area (Å²) in [5.74, 6) is 1.90. The highest BCUT2D eigenvalue weighted by molar-refractivity contribution is 7.99. The van der Waals surface area contributed by atoms with Gasteiger partial charge in [0.05, 0.1) is 5.75 Å². The predicted octanol–water partition coefficient (Wildman–Crippen LogP) is 3.03. The maximum atomic E-state index is 4.66. The molecule has 0 amide bonds. The average molecular weight is 279 g/mol. The molecule has 0 aromatic carbocycles. The third-order valence-corrected chi connectivity index (χ3v) is 4.49. The molecule has 1 heterocycles. The molecule has 0 bridgehead atoms.